The van der Waals surface area contributed by atoms with E-state index >= 15 is 0 Å². The van der Waals surface area contributed by atoms with Gasteiger partial charge in [-0.05, 0) is 34.1 Å². The van der Waals surface area contributed by atoms with E-state index in [2.05, 4.69) is 31.2 Å². The third-order valence-electron chi connectivity index (χ3n) is 2.08. The Morgan fingerprint density at radius 2 is 2.39 bits per heavy atom. The van der Waals surface area contributed by atoms with Crippen LogP contribution in [0.3, 0.4) is 0 Å². The van der Waals surface area contributed by atoms with Crippen LogP contribution in [0.4, 0.5) is 11.4 Å². The minimum atomic E-state index is -0.0955. The highest BCUT2D eigenvalue weighted by Crippen LogP contribution is 2.25. The van der Waals surface area contributed by atoms with E-state index in [0.717, 1.165) is 9.63 Å². The average molecular weight is 327 g/mol. The molecule has 0 fully saturated rings. The molecule has 1 heterocycles. The van der Waals surface area contributed by atoms with Crippen molar-refractivity contribution in [2.24, 2.45) is 0 Å². The fourth-order valence-corrected chi connectivity index (χ4v) is 2.41. The first-order valence-electron chi connectivity index (χ1n) is 5.12. The lowest BCUT2D eigenvalue weighted by atomic mass is 10.3. The minimum Gasteiger partial charge on any atom is -0.399 e. The number of benzene rings is 1. The molecular weight excluding hydrogens is 316 g/mol. The normalized spacial score (nSPS) is 10.3. The predicted octanol–water partition coefficient (Wildman–Crippen LogP) is 2.49. The number of nitrogens with two attached hydrogens (primary N) is 1. The van der Waals surface area contributed by atoms with E-state index in [1.165, 1.54) is 11.8 Å². The van der Waals surface area contributed by atoms with Gasteiger partial charge in [-0.15, -0.1) is 0 Å². The number of nitrogen functional groups attached to an aromatic ring is 1. The van der Waals surface area contributed by atoms with Crippen molar-refractivity contribution in [2.45, 2.75) is 5.16 Å². The Morgan fingerprint density at radius 1 is 1.56 bits per heavy atom. The number of hydrogen-bond donors (Lipinski definition) is 3. The lowest BCUT2D eigenvalue weighted by Gasteiger charge is -2.07. The van der Waals surface area contributed by atoms with Crippen LogP contribution < -0.4 is 11.1 Å². The molecule has 2 aromatic rings. The molecule has 0 atom stereocenters. The highest BCUT2D eigenvalue weighted by atomic mass is 79.9. The van der Waals surface area contributed by atoms with Crippen molar-refractivity contribution < 1.29 is 4.79 Å². The quantitative estimate of drug-likeness (QED) is 0.595. The van der Waals surface area contributed by atoms with Gasteiger partial charge in [-0.3, -0.25) is 4.79 Å². The fourth-order valence-electron chi connectivity index (χ4n) is 1.28. The second-order valence-electron chi connectivity index (χ2n) is 3.47. The van der Waals surface area contributed by atoms with Crippen LogP contribution in [0.5, 0.6) is 0 Å². The maximum absolute atomic E-state index is 11.7. The molecule has 0 bridgehead atoms. The highest BCUT2D eigenvalue weighted by Gasteiger charge is 2.07. The number of carbonyl (C=O) groups excluding carboxylic acids is 1. The molecule has 0 saturated heterocycles. The molecule has 0 saturated carbocycles. The Balaban J connectivity index is 1.91. The maximum atomic E-state index is 11.7. The summed E-state index contributed by atoms with van der Waals surface area (Å²) in [6, 6.07) is 5.24. The smallest absolute Gasteiger partial charge is 0.234 e. The molecule has 0 unspecified atom stereocenters. The van der Waals surface area contributed by atoms with E-state index < -0.39 is 0 Å². The molecule has 0 radical (unpaired) electrons. The fraction of sp³-hybridized carbons (Fsp3) is 0.0909. The second kappa shape index (κ2) is 5.92. The van der Waals surface area contributed by atoms with E-state index in [-0.39, 0.29) is 5.91 Å². The minimum absolute atomic E-state index is 0.0955. The van der Waals surface area contributed by atoms with Crippen LogP contribution in [0.1, 0.15) is 0 Å². The van der Waals surface area contributed by atoms with E-state index in [4.69, 9.17) is 5.73 Å². The third-order valence-corrected chi connectivity index (χ3v) is 3.64. The number of nitrogens with zero attached hydrogens (tertiary/aromatic N) is 1. The topological polar surface area (TPSA) is 83.8 Å². The summed E-state index contributed by atoms with van der Waals surface area (Å²) in [6.45, 7) is 0. The lowest BCUT2D eigenvalue weighted by molar-refractivity contribution is -0.113. The summed E-state index contributed by atoms with van der Waals surface area (Å²) in [6.07, 6.45) is 3.37. The number of aromatic amines is 1. The largest absolute Gasteiger partial charge is 0.399 e. The van der Waals surface area contributed by atoms with Crippen molar-refractivity contribution in [2.75, 3.05) is 16.8 Å². The van der Waals surface area contributed by atoms with Gasteiger partial charge in [0.25, 0.3) is 0 Å². The van der Waals surface area contributed by atoms with Crippen LogP contribution in [-0.4, -0.2) is 21.6 Å². The molecule has 0 spiro atoms. The van der Waals surface area contributed by atoms with E-state index in [9.17, 15) is 4.79 Å². The van der Waals surface area contributed by atoms with Crippen LogP contribution in [0, 0.1) is 0 Å². The van der Waals surface area contributed by atoms with Crippen LogP contribution in [0.25, 0.3) is 0 Å². The van der Waals surface area contributed by atoms with Crippen molar-refractivity contribution in [3.05, 3.63) is 35.1 Å². The Hall–Kier alpha value is -1.47. The molecule has 1 aromatic carbocycles. The molecule has 5 nitrogen and oxygen atoms in total. The Morgan fingerprint density at radius 3 is 3.06 bits per heavy atom. The van der Waals surface area contributed by atoms with Crippen molar-refractivity contribution in [3.63, 3.8) is 0 Å². The number of nitrogens with one attached hydrogen (secondary N) is 2. The average Bonchev–Trinajstić information content (AvgIpc) is 2.83. The van der Waals surface area contributed by atoms with Gasteiger partial charge in [0, 0.05) is 22.6 Å². The number of hydrogen-bond acceptors (Lipinski definition) is 4. The van der Waals surface area contributed by atoms with Gasteiger partial charge in [-0.25, -0.2) is 4.98 Å². The Labute approximate surface area is 117 Å². The number of anilines is 2. The number of thioether (sulfide) groups is 1. The number of aromatic nitrogens is 2. The first-order chi connectivity index (χ1) is 8.65. The summed E-state index contributed by atoms with van der Waals surface area (Å²) in [4.78, 5) is 18.7. The molecule has 1 aromatic heterocycles. The molecule has 4 N–H and O–H groups in total. The molecule has 0 aliphatic heterocycles. The van der Waals surface area contributed by atoms with Gasteiger partial charge in [0.1, 0.15) is 0 Å². The third kappa shape index (κ3) is 3.51. The van der Waals surface area contributed by atoms with Gasteiger partial charge in [0.2, 0.25) is 5.91 Å². The summed E-state index contributed by atoms with van der Waals surface area (Å²) >= 11 is 4.69. The number of halogens is 1. The highest BCUT2D eigenvalue weighted by molar-refractivity contribution is 9.10. The zero-order valence-corrected chi connectivity index (χ0v) is 11.7. The van der Waals surface area contributed by atoms with E-state index in [1.54, 1.807) is 30.6 Å². The Kier molecular flexibility index (Phi) is 4.27. The van der Waals surface area contributed by atoms with Crippen LogP contribution in [-0.2, 0) is 4.79 Å². The molecular formula is C11H11BrN4OS. The Bertz CT molecular complexity index is 544. The van der Waals surface area contributed by atoms with Gasteiger partial charge in [-0.2, -0.15) is 0 Å². The lowest BCUT2D eigenvalue weighted by Crippen LogP contribution is -2.14. The zero-order chi connectivity index (χ0) is 13.0. The molecule has 0 aliphatic rings. The molecule has 18 heavy (non-hydrogen) atoms. The van der Waals surface area contributed by atoms with E-state index in [1.807, 2.05) is 0 Å². The summed E-state index contributed by atoms with van der Waals surface area (Å²) in [5, 5.41) is 3.52. The van der Waals surface area contributed by atoms with E-state index in [0.29, 0.717) is 17.1 Å². The van der Waals surface area contributed by atoms with Gasteiger partial charge in [0.15, 0.2) is 5.16 Å². The molecule has 1 amide bonds. The number of amides is 1. The SMILES string of the molecule is Nc1ccc(NC(=O)CSc2ncc[nH]2)c(Br)c1. The van der Waals surface area contributed by atoms with Crippen LogP contribution in [0.2, 0.25) is 0 Å². The monoisotopic (exact) mass is 326 g/mol. The van der Waals surface area contributed by atoms with Gasteiger partial charge < -0.3 is 16.0 Å². The number of imidazole rings is 1. The zero-order valence-electron chi connectivity index (χ0n) is 9.31. The summed E-state index contributed by atoms with van der Waals surface area (Å²) in [5.41, 5.74) is 6.97. The van der Waals surface area contributed by atoms with Crippen LogP contribution >= 0.6 is 27.7 Å². The molecule has 0 aliphatic carbocycles. The van der Waals surface area contributed by atoms with Crippen molar-refractivity contribution in [3.8, 4) is 0 Å². The van der Waals surface area contributed by atoms with Gasteiger partial charge in [-0.1, -0.05) is 11.8 Å². The number of rotatable bonds is 4. The number of carbonyl (C=O) groups is 1. The molecule has 2 rings (SSSR count). The predicted molar refractivity (Wildman–Crippen MR) is 76.5 cm³/mol. The van der Waals surface area contributed by atoms with Gasteiger partial charge in [0.05, 0.1) is 11.4 Å². The molecule has 7 heteroatoms. The summed E-state index contributed by atoms with van der Waals surface area (Å²) in [5.74, 6) is 0.200. The van der Waals surface area contributed by atoms with Crippen molar-refractivity contribution >= 4 is 45.0 Å². The van der Waals surface area contributed by atoms with Crippen LogP contribution in [0.15, 0.2) is 40.2 Å². The van der Waals surface area contributed by atoms with Crippen molar-refractivity contribution in [1.29, 1.82) is 0 Å². The first-order valence-corrected chi connectivity index (χ1v) is 6.90. The number of H-pyrrole nitrogens is 1. The van der Waals surface area contributed by atoms with Crippen molar-refractivity contribution in [1.82, 2.24) is 9.97 Å². The summed E-state index contributed by atoms with van der Waals surface area (Å²) in [7, 11) is 0. The van der Waals surface area contributed by atoms with Gasteiger partial charge >= 0.3 is 0 Å². The first kappa shape index (κ1) is 13.0. The summed E-state index contributed by atoms with van der Waals surface area (Å²) < 4.78 is 0.763. The maximum Gasteiger partial charge on any atom is 0.234 e. The standard InChI is InChI=1S/C11H11BrN4OS/c12-8-5-7(13)1-2-9(8)16-10(17)6-18-11-14-3-4-15-11/h1-5H,6,13H2,(H,14,15)(H,16,17). The second-order valence-corrected chi connectivity index (χ2v) is 5.29. The molecule has 94 valence electrons.